The first-order chi connectivity index (χ1) is 8.33. The van der Waals surface area contributed by atoms with Gasteiger partial charge in [0.25, 0.3) is 0 Å². The van der Waals surface area contributed by atoms with Crippen LogP contribution < -0.4 is 10.2 Å². The van der Waals surface area contributed by atoms with E-state index in [0.717, 1.165) is 13.1 Å². The monoisotopic (exact) mass is 246 g/mol. The van der Waals surface area contributed by atoms with Crippen LogP contribution in [0.4, 0.5) is 5.69 Å². The summed E-state index contributed by atoms with van der Waals surface area (Å²) in [6.45, 7) is 13.6. The summed E-state index contributed by atoms with van der Waals surface area (Å²) in [7, 11) is 0. The van der Waals surface area contributed by atoms with Crippen LogP contribution in [0.1, 0.15) is 39.7 Å². The zero-order chi connectivity index (χ0) is 13.4. The minimum atomic E-state index is 0.134. The number of benzene rings is 1. The average molecular weight is 246 g/mol. The van der Waals surface area contributed by atoms with Gasteiger partial charge in [0.1, 0.15) is 0 Å². The number of hydrogen-bond donors (Lipinski definition) is 1. The first-order valence-electron chi connectivity index (χ1n) is 6.91. The van der Waals surface area contributed by atoms with Crippen LogP contribution in [0.5, 0.6) is 0 Å². The Kier molecular flexibility index (Phi) is 3.41. The molecule has 1 aliphatic heterocycles. The Labute approximate surface area is 111 Å². The molecular weight excluding hydrogens is 220 g/mol. The summed E-state index contributed by atoms with van der Waals surface area (Å²) >= 11 is 0. The highest BCUT2D eigenvalue weighted by Gasteiger charge is 2.39. The molecule has 0 saturated carbocycles. The zero-order valence-electron chi connectivity index (χ0n) is 12.4. The summed E-state index contributed by atoms with van der Waals surface area (Å²) in [5.74, 6) is 0. The number of hydrogen-bond acceptors (Lipinski definition) is 2. The van der Waals surface area contributed by atoms with E-state index in [2.05, 4.69) is 69.1 Å². The number of nitrogens with one attached hydrogen (secondary N) is 1. The van der Waals surface area contributed by atoms with Gasteiger partial charge in [0.2, 0.25) is 0 Å². The second kappa shape index (κ2) is 4.58. The number of rotatable bonds is 1. The molecule has 1 fully saturated rings. The zero-order valence-corrected chi connectivity index (χ0v) is 12.4. The Bertz CT molecular complexity index is 386. The van der Waals surface area contributed by atoms with Gasteiger partial charge in [0, 0.05) is 23.3 Å². The minimum Gasteiger partial charge on any atom is -0.360 e. The molecule has 1 aromatic carbocycles. The Morgan fingerprint density at radius 3 is 2.22 bits per heavy atom. The normalized spacial score (nSPS) is 22.6. The standard InChI is InChI=1S/C16H26N2/c1-13-6-8-14(9-7-13)18-15(2,3)10-11-17-12-16(18,4)5/h6-9,17H,10-12H2,1-5H3. The smallest absolute Gasteiger partial charge is 0.0475 e. The van der Waals surface area contributed by atoms with Gasteiger partial charge in [-0.25, -0.2) is 0 Å². The second-order valence-corrected chi connectivity index (χ2v) is 6.72. The molecule has 100 valence electrons. The molecule has 1 saturated heterocycles. The van der Waals surface area contributed by atoms with Crippen LogP contribution in [-0.2, 0) is 0 Å². The van der Waals surface area contributed by atoms with Crippen molar-refractivity contribution in [3.63, 3.8) is 0 Å². The van der Waals surface area contributed by atoms with E-state index in [0.29, 0.717) is 0 Å². The molecule has 0 radical (unpaired) electrons. The summed E-state index contributed by atoms with van der Waals surface area (Å²) in [6, 6.07) is 8.92. The lowest BCUT2D eigenvalue weighted by molar-refractivity contribution is 0.357. The van der Waals surface area contributed by atoms with Gasteiger partial charge in [-0.15, -0.1) is 0 Å². The molecule has 0 aliphatic carbocycles. The molecule has 1 aliphatic rings. The highest BCUT2D eigenvalue weighted by molar-refractivity contribution is 5.52. The minimum absolute atomic E-state index is 0.134. The molecule has 1 aromatic rings. The van der Waals surface area contributed by atoms with E-state index in [-0.39, 0.29) is 11.1 Å². The van der Waals surface area contributed by atoms with E-state index < -0.39 is 0 Å². The number of aryl methyl sites for hydroxylation is 1. The molecule has 0 amide bonds. The maximum atomic E-state index is 3.56. The Morgan fingerprint density at radius 2 is 1.61 bits per heavy atom. The van der Waals surface area contributed by atoms with Crippen LogP contribution in [-0.4, -0.2) is 24.2 Å². The molecular formula is C16H26N2. The van der Waals surface area contributed by atoms with Crippen molar-refractivity contribution in [2.45, 2.75) is 52.1 Å². The van der Waals surface area contributed by atoms with Crippen molar-refractivity contribution < 1.29 is 0 Å². The van der Waals surface area contributed by atoms with Crippen molar-refractivity contribution in [2.75, 3.05) is 18.0 Å². The highest BCUT2D eigenvalue weighted by atomic mass is 15.3. The van der Waals surface area contributed by atoms with Crippen LogP contribution in [0.2, 0.25) is 0 Å². The summed E-state index contributed by atoms with van der Waals surface area (Å²) in [4.78, 5) is 2.58. The van der Waals surface area contributed by atoms with Crippen LogP contribution in [0, 0.1) is 6.92 Å². The van der Waals surface area contributed by atoms with E-state index in [1.165, 1.54) is 17.7 Å². The van der Waals surface area contributed by atoms with E-state index in [4.69, 9.17) is 0 Å². The molecule has 18 heavy (non-hydrogen) atoms. The molecule has 0 aromatic heterocycles. The third-order valence-corrected chi connectivity index (χ3v) is 3.97. The Morgan fingerprint density at radius 1 is 1.00 bits per heavy atom. The van der Waals surface area contributed by atoms with Gasteiger partial charge in [-0.1, -0.05) is 17.7 Å². The largest absolute Gasteiger partial charge is 0.360 e. The Balaban J connectivity index is 2.44. The summed E-state index contributed by atoms with van der Waals surface area (Å²) in [5, 5.41) is 3.56. The second-order valence-electron chi connectivity index (χ2n) is 6.72. The number of anilines is 1. The Hall–Kier alpha value is -1.02. The van der Waals surface area contributed by atoms with Gasteiger partial charge >= 0.3 is 0 Å². The fraction of sp³-hybridized carbons (Fsp3) is 0.625. The third-order valence-electron chi connectivity index (χ3n) is 3.97. The van der Waals surface area contributed by atoms with E-state index in [1.54, 1.807) is 0 Å². The van der Waals surface area contributed by atoms with Gasteiger partial charge in [0.05, 0.1) is 0 Å². The predicted molar refractivity (Wildman–Crippen MR) is 79.3 cm³/mol. The van der Waals surface area contributed by atoms with E-state index in [9.17, 15) is 0 Å². The van der Waals surface area contributed by atoms with Crippen LogP contribution >= 0.6 is 0 Å². The van der Waals surface area contributed by atoms with Gasteiger partial charge < -0.3 is 10.2 Å². The average Bonchev–Trinajstić information content (AvgIpc) is 2.37. The predicted octanol–water partition coefficient (Wildman–Crippen LogP) is 3.35. The van der Waals surface area contributed by atoms with Crippen molar-refractivity contribution >= 4 is 5.69 Å². The SMILES string of the molecule is Cc1ccc(N2C(C)(C)CCNCC2(C)C)cc1. The summed E-state index contributed by atoms with van der Waals surface area (Å²) in [6.07, 6.45) is 1.17. The lowest BCUT2D eigenvalue weighted by atomic mass is 9.91. The van der Waals surface area contributed by atoms with Crippen molar-refractivity contribution in [3.05, 3.63) is 29.8 Å². The molecule has 2 heteroatoms. The fourth-order valence-corrected chi connectivity index (χ4v) is 3.19. The van der Waals surface area contributed by atoms with Crippen LogP contribution in [0.25, 0.3) is 0 Å². The topological polar surface area (TPSA) is 15.3 Å². The lowest BCUT2D eigenvalue weighted by Gasteiger charge is -2.49. The maximum Gasteiger partial charge on any atom is 0.0475 e. The first kappa shape index (κ1) is 13.4. The van der Waals surface area contributed by atoms with Gasteiger partial charge in [-0.3, -0.25) is 0 Å². The molecule has 1 N–H and O–H groups in total. The van der Waals surface area contributed by atoms with Crippen LogP contribution in [0.15, 0.2) is 24.3 Å². The van der Waals surface area contributed by atoms with Gasteiger partial charge in [0.15, 0.2) is 0 Å². The molecule has 0 atom stereocenters. The van der Waals surface area contributed by atoms with Crippen molar-refractivity contribution in [3.8, 4) is 0 Å². The van der Waals surface area contributed by atoms with Crippen LogP contribution in [0.3, 0.4) is 0 Å². The van der Waals surface area contributed by atoms with E-state index >= 15 is 0 Å². The van der Waals surface area contributed by atoms with Gasteiger partial charge in [-0.05, 0) is 59.7 Å². The molecule has 0 bridgehead atoms. The first-order valence-corrected chi connectivity index (χ1v) is 6.91. The molecule has 2 nitrogen and oxygen atoms in total. The van der Waals surface area contributed by atoms with Crippen molar-refractivity contribution in [1.82, 2.24) is 5.32 Å². The molecule has 0 unspecified atom stereocenters. The summed E-state index contributed by atoms with van der Waals surface area (Å²) in [5.41, 5.74) is 2.97. The van der Waals surface area contributed by atoms with E-state index in [1.807, 2.05) is 0 Å². The summed E-state index contributed by atoms with van der Waals surface area (Å²) < 4.78 is 0. The lowest BCUT2D eigenvalue weighted by Crippen LogP contribution is -2.57. The van der Waals surface area contributed by atoms with Gasteiger partial charge in [-0.2, -0.15) is 0 Å². The third kappa shape index (κ3) is 2.54. The maximum absolute atomic E-state index is 3.56. The molecule has 2 rings (SSSR count). The highest BCUT2D eigenvalue weighted by Crippen LogP contribution is 2.35. The van der Waals surface area contributed by atoms with Crippen molar-refractivity contribution in [1.29, 1.82) is 0 Å². The quantitative estimate of drug-likeness (QED) is 0.817. The fourth-order valence-electron chi connectivity index (χ4n) is 3.19. The molecule has 1 heterocycles. The van der Waals surface area contributed by atoms with Crippen molar-refractivity contribution in [2.24, 2.45) is 0 Å². The number of nitrogens with zero attached hydrogens (tertiary/aromatic N) is 1. The molecule has 0 spiro atoms.